The molecule has 354 valence electrons. The van der Waals surface area contributed by atoms with E-state index in [1.165, 1.54) is 19.3 Å². The predicted molar refractivity (Wildman–Crippen MR) is 270 cm³/mol. The van der Waals surface area contributed by atoms with Gasteiger partial charge in [-0.05, 0) is 139 Å². The molecule has 1 aliphatic rings. The Morgan fingerprint density at radius 2 is 1.00 bits per heavy atom. The van der Waals surface area contributed by atoms with E-state index in [1.54, 1.807) is 25.8 Å². The fourth-order valence-corrected chi connectivity index (χ4v) is 9.56. The summed E-state index contributed by atoms with van der Waals surface area (Å²) < 4.78 is 18.7. The molecule has 21 heteroatoms. The van der Waals surface area contributed by atoms with Crippen LogP contribution >= 0.6 is 47.8 Å². The average Bonchev–Trinajstić information content (AvgIpc) is 3.30. The van der Waals surface area contributed by atoms with Crippen molar-refractivity contribution in [2.24, 2.45) is 0 Å². The van der Waals surface area contributed by atoms with E-state index in [2.05, 4.69) is 78.6 Å². The first-order chi connectivity index (χ1) is 32.0. The summed E-state index contributed by atoms with van der Waals surface area (Å²) in [4.78, 5) is 71.1. The maximum atomic E-state index is 13.6. The molecule has 0 aromatic carbocycles. The van der Waals surface area contributed by atoms with Gasteiger partial charge in [-0.1, -0.05) is 6.42 Å². The Balaban J connectivity index is 0.990. The summed E-state index contributed by atoms with van der Waals surface area (Å²) >= 11 is 10.4. The van der Waals surface area contributed by atoms with Crippen LogP contribution in [0.4, 0.5) is 17.8 Å². The molecule has 1 aliphatic heterocycles. The zero-order chi connectivity index (χ0) is 46.7. The van der Waals surface area contributed by atoms with E-state index in [4.69, 9.17) is 29.4 Å². The molecule has 0 saturated carbocycles. The second kappa shape index (κ2) is 23.5. The Kier molecular flexibility index (Phi) is 17.7. The number of hydrogen-bond acceptors (Lipinski definition) is 15. The van der Waals surface area contributed by atoms with Crippen LogP contribution in [0.1, 0.15) is 70.0 Å². The van der Waals surface area contributed by atoms with E-state index in [0.29, 0.717) is 126 Å². The maximum absolute atomic E-state index is 13.6. The number of anilines is 3. The second-order valence-electron chi connectivity index (χ2n) is 16.1. The Bertz CT molecular complexity index is 2850. The lowest BCUT2D eigenvalue weighted by Crippen LogP contribution is -2.35. The molecule has 3 N–H and O–H groups in total. The van der Waals surface area contributed by atoms with Crippen molar-refractivity contribution >= 4 is 98.7 Å². The number of pyridine rings is 3. The number of aryl methyl sites for hydroxylation is 3. The van der Waals surface area contributed by atoms with Gasteiger partial charge in [-0.3, -0.25) is 28.1 Å². The molecule has 0 aliphatic carbocycles. The molecule has 0 bridgehead atoms. The zero-order valence-corrected chi connectivity index (χ0v) is 42.8. The van der Waals surface area contributed by atoms with Gasteiger partial charge < -0.3 is 30.3 Å². The lowest BCUT2D eigenvalue weighted by atomic mass is 10.1. The lowest BCUT2D eigenvalue weighted by molar-refractivity contribution is 0.124. The summed E-state index contributed by atoms with van der Waals surface area (Å²) in [6.45, 7) is 15.3. The molecule has 7 heterocycles. The van der Waals surface area contributed by atoms with Gasteiger partial charge in [0.05, 0.1) is 50.3 Å². The number of nitrogens with one attached hydrogen (secondary N) is 3. The van der Waals surface area contributed by atoms with Crippen LogP contribution in [-0.4, -0.2) is 114 Å². The smallest absolute Gasteiger partial charge is 0.266 e. The fourth-order valence-electron chi connectivity index (χ4n) is 8.23. The highest BCUT2D eigenvalue weighted by molar-refractivity contribution is 9.11. The maximum Gasteiger partial charge on any atom is 0.266 e. The summed E-state index contributed by atoms with van der Waals surface area (Å²) in [7, 11) is 0. The van der Waals surface area contributed by atoms with Crippen LogP contribution in [0.2, 0.25) is 0 Å². The lowest BCUT2D eigenvalue weighted by Gasteiger charge is -2.26. The molecule has 0 spiro atoms. The number of hydrogen-bond donors (Lipinski definition) is 3. The highest BCUT2D eigenvalue weighted by atomic mass is 79.9. The van der Waals surface area contributed by atoms with Gasteiger partial charge in [0.1, 0.15) is 16.9 Å². The fraction of sp³-hybridized carbons (Fsp3) is 0.533. The van der Waals surface area contributed by atoms with Gasteiger partial charge in [-0.25, -0.2) is 15.0 Å². The van der Waals surface area contributed by atoms with E-state index in [1.807, 2.05) is 33.8 Å². The van der Waals surface area contributed by atoms with Gasteiger partial charge >= 0.3 is 0 Å². The Morgan fingerprint density at radius 3 is 1.58 bits per heavy atom. The van der Waals surface area contributed by atoms with Crippen molar-refractivity contribution in [3.63, 3.8) is 0 Å². The van der Waals surface area contributed by atoms with Crippen molar-refractivity contribution in [2.45, 2.75) is 92.3 Å². The van der Waals surface area contributed by atoms with Crippen LogP contribution in [0.5, 0.6) is 0 Å². The molecule has 0 unspecified atom stereocenters. The number of ether oxygens (including phenoxy) is 2. The third-order valence-electron chi connectivity index (χ3n) is 11.5. The van der Waals surface area contributed by atoms with Crippen molar-refractivity contribution in [1.29, 1.82) is 0 Å². The summed E-state index contributed by atoms with van der Waals surface area (Å²) in [5.74, 6) is 1.40. The summed E-state index contributed by atoms with van der Waals surface area (Å²) in [5, 5.41) is 12.0. The van der Waals surface area contributed by atoms with Gasteiger partial charge in [0.25, 0.3) is 16.7 Å². The third-order valence-corrected chi connectivity index (χ3v) is 13.2. The number of piperidine rings is 1. The highest BCUT2D eigenvalue weighted by Gasteiger charge is 2.19. The number of fused-ring (bicyclic) bond motifs is 3. The van der Waals surface area contributed by atoms with E-state index in [0.717, 1.165) is 52.9 Å². The molecule has 66 heavy (non-hydrogen) atoms. The molecule has 1 fully saturated rings. The van der Waals surface area contributed by atoms with Crippen molar-refractivity contribution in [3.05, 3.63) is 79.8 Å². The van der Waals surface area contributed by atoms with Gasteiger partial charge in [-0.2, -0.15) is 15.0 Å². The summed E-state index contributed by atoms with van der Waals surface area (Å²) in [6.07, 6.45) is 5.93. The van der Waals surface area contributed by atoms with Crippen molar-refractivity contribution in [1.82, 2.24) is 48.5 Å². The quantitative estimate of drug-likeness (QED) is 0.0574. The van der Waals surface area contributed by atoms with E-state index in [-0.39, 0.29) is 29.8 Å². The van der Waals surface area contributed by atoms with Crippen LogP contribution in [0.3, 0.4) is 0 Å². The molecule has 6 aromatic rings. The van der Waals surface area contributed by atoms with Crippen LogP contribution in [-0.2, 0) is 41.9 Å². The summed E-state index contributed by atoms with van der Waals surface area (Å²) in [5.41, 5.74) is 3.58. The number of aromatic nitrogens is 9. The topological polar surface area (TPSA) is 201 Å². The normalized spacial score (nSPS) is 13.3. The number of halogens is 3. The van der Waals surface area contributed by atoms with Gasteiger partial charge in [0, 0.05) is 75.1 Å². The highest BCUT2D eigenvalue weighted by Crippen LogP contribution is 2.24. The zero-order valence-electron chi connectivity index (χ0n) is 38.0. The molecule has 0 radical (unpaired) electrons. The van der Waals surface area contributed by atoms with E-state index in [9.17, 15) is 14.4 Å². The first kappa shape index (κ1) is 49.5. The first-order valence-corrected chi connectivity index (χ1v) is 25.3. The summed E-state index contributed by atoms with van der Waals surface area (Å²) in [6, 6.07) is 5.38. The molecule has 1 saturated heterocycles. The minimum absolute atomic E-state index is 0.101. The molecule has 0 amide bonds. The monoisotopic (exact) mass is 1100 g/mol. The van der Waals surface area contributed by atoms with Crippen LogP contribution in [0.15, 0.2) is 46.0 Å². The van der Waals surface area contributed by atoms with Crippen LogP contribution in [0, 0.1) is 6.92 Å². The van der Waals surface area contributed by atoms with Crippen molar-refractivity contribution in [3.8, 4) is 0 Å². The molecule has 7 rings (SSSR count). The van der Waals surface area contributed by atoms with Gasteiger partial charge in [0.2, 0.25) is 17.8 Å². The number of rotatable bonds is 23. The Morgan fingerprint density at radius 1 is 0.530 bits per heavy atom. The van der Waals surface area contributed by atoms with E-state index >= 15 is 0 Å². The van der Waals surface area contributed by atoms with Crippen molar-refractivity contribution < 1.29 is 9.47 Å². The minimum atomic E-state index is -0.219. The molecule has 18 nitrogen and oxygen atoms in total. The average molecular weight is 1100 g/mol. The minimum Gasteiger partial charge on any atom is -0.381 e. The Hall–Kier alpha value is -4.41. The predicted octanol–water partition coefficient (Wildman–Crippen LogP) is 6.68. The molecule has 6 aromatic heterocycles. The second-order valence-corrected chi connectivity index (χ2v) is 18.7. The standard InChI is InChI=1S/C45H58Br3N13O5/c1-5-49-43-52-28(4)29-25-32(46)40(62)59(37(29)55-43)17-12-22-65-23-14-36-31-27-34(48)42(64)61(39(31)57-45(54-36)51-7-3)20-24-66-21-11-13-35-30-26-33(47)41(63)60(19-18-58-15-9-8-10-16-58)38(30)56-44(53-35)50-6-2/h25-27H,5-24H2,1-4H3,(H,49,52,55)(H,50,53,56)(H,51,54,57). The third kappa shape index (κ3) is 11.8. The first-order valence-electron chi connectivity index (χ1n) is 22.9. The van der Waals surface area contributed by atoms with Gasteiger partial charge in [-0.15, -0.1) is 0 Å². The number of nitrogens with zero attached hydrogens (tertiary/aromatic N) is 10. The molecule has 0 atom stereocenters. The van der Waals surface area contributed by atoms with Crippen molar-refractivity contribution in [2.75, 3.05) is 81.6 Å². The Labute approximate surface area is 408 Å². The molecular weight excluding hydrogens is 1040 g/mol. The SMILES string of the molecule is CCNc1nc(C)c2cc(Br)c(=O)n(CCCOCCc3nc(NCC)nc4c3cc(Br)c(=O)n4CCOCCCc3nc(NCC)nc4c3cc(Br)c(=O)n4CCN3CCCCC3)c2n1. The molecular formula is C45H58Br3N13O5. The van der Waals surface area contributed by atoms with Crippen LogP contribution < -0.4 is 32.6 Å². The van der Waals surface area contributed by atoms with E-state index < -0.39 is 0 Å². The van der Waals surface area contributed by atoms with Gasteiger partial charge in [0.15, 0.2) is 0 Å². The number of likely N-dealkylation sites (tertiary alicyclic amines) is 1. The largest absolute Gasteiger partial charge is 0.381 e. The van der Waals surface area contributed by atoms with Crippen LogP contribution in [0.25, 0.3) is 33.1 Å².